The molecule has 1 saturated carbocycles. The molecule has 1 N–H and O–H groups in total. The summed E-state index contributed by atoms with van der Waals surface area (Å²) >= 11 is 0. The number of carbonyl (C=O) groups is 1. The number of methoxy groups -OCH3 is 1. The third-order valence-electron chi connectivity index (χ3n) is 3.89. The Hall–Kier alpha value is -0.570. The summed E-state index contributed by atoms with van der Waals surface area (Å²) in [4.78, 5) is 11.0. The van der Waals surface area contributed by atoms with Crippen molar-refractivity contribution in [3.8, 4) is 0 Å². The van der Waals surface area contributed by atoms with Crippen molar-refractivity contribution < 1.29 is 9.53 Å². The first kappa shape index (κ1) is 14.5. The van der Waals surface area contributed by atoms with Crippen LogP contribution in [0.1, 0.15) is 52.9 Å². The SMILES string of the molecule is COC(=O)CCCNC1CCC(C)(C)CC1C. The molecular formula is C14H27NO2. The molecule has 17 heavy (non-hydrogen) atoms. The lowest BCUT2D eigenvalue weighted by atomic mass is 9.70. The van der Waals surface area contributed by atoms with E-state index in [-0.39, 0.29) is 5.97 Å². The van der Waals surface area contributed by atoms with Gasteiger partial charge in [-0.3, -0.25) is 4.79 Å². The van der Waals surface area contributed by atoms with E-state index in [0.29, 0.717) is 17.9 Å². The topological polar surface area (TPSA) is 38.3 Å². The molecule has 1 fully saturated rings. The monoisotopic (exact) mass is 241 g/mol. The predicted molar refractivity (Wildman–Crippen MR) is 69.8 cm³/mol. The lowest BCUT2D eigenvalue weighted by Gasteiger charge is -2.39. The maximum Gasteiger partial charge on any atom is 0.305 e. The Morgan fingerprint density at radius 2 is 2.18 bits per heavy atom. The number of hydrogen-bond acceptors (Lipinski definition) is 3. The van der Waals surface area contributed by atoms with Crippen LogP contribution in [-0.4, -0.2) is 25.7 Å². The highest BCUT2D eigenvalue weighted by molar-refractivity contribution is 5.69. The standard InChI is InChI=1S/C14H27NO2/c1-11-10-14(2,3)8-7-12(11)15-9-5-6-13(16)17-4/h11-12,15H,5-10H2,1-4H3. The highest BCUT2D eigenvalue weighted by Crippen LogP contribution is 2.38. The third-order valence-corrected chi connectivity index (χ3v) is 3.89. The van der Waals surface area contributed by atoms with Gasteiger partial charge in [0.2, 0.25) is 0 Å². The van der Waals surface area contributed by atoms with Crippen molar-refractivity contribution in [2.45, 2.75) is 58.9 Å². The van der Waals surface area contributed by atoms with Crippen molar-refractivity contribution in [3.63, 3.8) is 0 Å². The molecule has 0 aromatic rings. The van der Waals surface area contributed by atoms with Crippen molar-refractivity contribution in [1.82, 2.24) is 5.32 Å². The van der Waals surface area contributed by atoms with Gasteiger partial charge in [-0.15, -0.1) is 0 Å². The largest absolute Gasteiger partial charge is 0.469 e. The zero-order chi connectivity index (χ0) is 12.9. The van der Waals surface area contributed by atoms with Crippen molar-refractivity contribution in [1.29, 1.82) is 0 Å². The maximum atomic E-state index is 11.0. The van der Waals surface area contributed by atoms with Crippen LogP contribution in [0.5, 0.6) is 0 Å². The van der Waals surface area contributed by atoms with Gasteiger partial charge in [0.1, 0.15) is 0 Å². The Balaban J connectivity index is 2.18. The van der Waals surface area contributed by atoms with E-state index in [2.05, 4.69) is 30.8 Å². The Morgan fingerprint density at radius 1 is 1.47 bits per heavy atom. The molecule has 1 rings (SSSR count). The molecule has 3 nitrogen and oxygen atoms in total. The number of ether oxygens (including phenoxy) is 1. The van der Waals surface area contributed by atoms with Crippen LogP contribution in [0.3, 0.4) is 0 Å². The molecule has 0 saturated heterocycles. The Labute approximate surface area is 105 Å². The molecule has 0 spiro atoms. The molecular weight excluding hydrogens is 214 g/mol. The molecule has 3 heteroatoms. The average Bonchev–Trinajstić information content (AvgIpc) is 2.25. The lowest BCUT2D eigenvalue weighted by Crippen LogP contribution is -2.42. The van der Waals surface area contributed by atoms with E-state index < -0.39 is 0 Å². The van der Waals surface area contributed by atoms with Crippen LogP contribution in [-0.2, 0) is 9.53 Å². The van der Waals surface area contributed by atoms with Crippen LogP contribution in [0.4, 0.5) is 0 Å². The molecule has 0 aromatic carbocycles. The fourth-order valence-corrected chi connectivity index (χ4v) is 2.87. The van der Waals surface area contributed by atoms with E-state index in [0.717, 1.165) is 18.9 Å². The van der Waals surface area contributed by atoms with Crippen LogP contribution in [0.2, 0.25) is 0 Å². The number of hydrogen-bond donors (Lipinski definition) is 1. The first-order valence-corrected chi connectivity index (χ1v) is 6.75. The van der Waals surface area contributed by atoms with E-state index in [1.54, 1.807) is 0 Å². The smallest absolute Gasteiger partial charge is 0.305 e. The van der Waals surface area contributed by atoms with Crippen molar-refractivity contribution in [3.05, 3.63) is 0 Å². The minimum absolute atomic E-state index is 0.107. The normalized spacial score (nSPS) is 27.8. The van der Waals surface area contributed by atoms with E-state index >= 15 is 0 Å². The summed E-state index contributed by atoms with van der Waals surface area (Å²) in [5.41, 5.74) is 0.504. The van der Waals surface area contributed by atoms with Crippen molar-refractivity contribution in [2.24, 2.45) is 11.3 Å². The van der Waals surface area contributed by atoms with Gasteiger partial charge < -0.3 is 10.1 Å². The molecule has 1 aliphatic carbocycles. The van der Waals surface area contributed by atoms with Crippen LogP contribution in [0.25, 0.3) is 0 Å². The van der Waals surface area contributed by atoms with E-state index in [4.69, 9.17) is 0 Å². The minimum atomic E-state index is -0.107. The highest BCUT2D eigenvalue weighted by Gasteiger charge is 2.31. The summed E-state index contributed by atoms with van der Waals surface area (Å²) in [6, 6.07) is 0.626. The van der Waals surface area contributed by atoms with Gasteiger partial charge in [-0.2, -0.15) is 0 Å². The third kappa shape index (κ3) is 5.07. The van der Waals surface area contributed by atoms with Gasteiger partial charge >= 0.3 is 5.97 Å². The van der Waals surface area contributed by atoms with Gasteiger partial charge in [-0.25, -0.2) is 0 Å². The molecule has 2 unspecified atom stereocenters. The summed E-state index contributed by atoms with van der Waals surface area (Å²) in [6.07, 6.45) is 5.25. The fourth-order valence-electron chi connectivity index (χ4n) is 2.87. The number of esters is 1. The average molecular weight is 241 g/mol. The predicted octanol–water partition coefficient (Wildman–Crippen LogP) is 2.74. The van der Waals surface area contributed by atoms with Gasteiger partial charge in [-0.05, 0) is 43.6 Å². The molecule has 0 bridgehead atoms. The van der Waals surface area contributed by atoms with Crippen molar-refractivity contribution >= 4 is 5.97 Å². The van der Waals surface area contributed by atoms with Crippen LogP contribution < -0.4 is 5.32 Å². The maximum absolute atomic E-state index is 11.0. The molecule has 100 valence electrons. The zero-order valence-electron chi connectivity index (χ0n) is 11.7. The van der Waals surface area contributed by atoms with Crippen LogP contribution >= 0.6 is 0 Å². The van der Waals surface area contributed by atoms with Crippen molar-refractivity contribution in [2.75, 3.05) is 13.7 Å². The summed E-state index contributed by atoms with van der Waals surface area (Å²) in [6.45, 7) is 7.97. The molecule has 0 radical (unpaired) electrons. The Morgan fingerprint density at radius 3 is 2.76 bits per heavy atom. The number of rotatable bonds is 5. The van der Waals surface area contributed by atoms with E-state index in [1.165, 1.54) is 26.4 Å². The van der Waals surface area contributed by atoms with Gasteiger partial charge in [0.05, 0.1) is 7.11 Å². The summed E-state index contributed by atoms with van der Waals surface area (Å²) in [5.74, 6) is 0.626. The van der Waals surface area contributed by atoms with Crippen LogP contribution in [0, 0.1) is 11.3 Å². The molecule has 1 aliphatic rings. The van der Waals surface area contributed by atoms with E-state index in [1.807, 2.05) is 0 Å². The fraction of sp³-hybridized carbons (Fsp3) is 0.929. The molecule has 2 atom stereocenters. The second-order valence-corrected chi connectivity index (χ2v) is 6.12. The Kier molecular flexibility index (Phi) is 5.44. The quantitative estimate of drug-likeness (QED) is 0.594. The molecule has 0 heterocycles. The van der Waals surface area contributed by atoms with Crippen LogP contribution in [0.15, 0.2) is 0 Å². The van der Waals surface area contributed by atoms with Gasteiger partial charge in [0, 0.05) is 12.5 Å². The first-order valence-electron chi connectivity index (χ1n) is 6.75. The number of nitrogens with one attached hydrogen (secondary N) is 1. The summed E-state index contributed by atoms with van der Waals surface area (Å²) in [7, 11) is 1.45. The molecule has 0 amide bonds. The highest BCUT2D eigenvalue weighted by atomic mass is 16.5. The number of carbonyl (C=O) groups excluding carboxylic acids is 1. The summed E-state index contributed by atoms with van der Waals surface area (Å²) in [5, 5.41) is 3.58. The van der Waals surface area contributed by atoms with E-state index in [9.17, 15) is 4.79 Å². The minimum Gasteiger partial charge on any atom is -0.469 e. The van der Waals surface area contributed by atoms with Gasteiger partial charge in [-0.1, -0.05) is 20.8 Å². The van der Waals surface area contributed by atoms with Gasteiger partial charge in [0.25, 0.3) is 0 Å². The zero-order valence-corrected chi connectivity index (χ0v) is 11.7. The second kappa shape index (κ2) is 6.39. The first-order chi connectivity index (χ1) is 7.94. The second-order valence-electron chi connectivity index (χ2n) is 6.12. The summed E-state index contributed by atoms with van der Waals surface area (Å²) < 4.78 is 4.62. The Bertz CT molecular complexity index is 251. The van der Waals surface area contributed by atoms with Gasteiger partial charge in [0.15, 0.2) is 0 Å². The lowest BCUT2D eigenvalue weighted by molar-refractivity contribution is -0.140. The molecule has 0 aromatic heterocycles. The molecule has 0 aliphatic heterocycles.